The number of carbonyl (C=O) groups is 1. The molecule has 8 nitrogen and oxygen atoms in total. The van der Waals surface area contributed by atoms with Gasteiger partial charge in [0.2, 0.25) is 5.95 Å². The number of nitrogens with zero attached hydrogens (tertiary/aromatic N) is 5. The highest BCUT2D eigenvalue weighted by Crippen LogP contribution is 2.31. The average molecular weight is 542 g/mol. The maximum atomic E-state index is 13.2. The summed E-state index contributed by atoms with van der Waals surface area (Å²) in [6.45, 7) is 8.26. The van der Waals surface area contributed by atoms with Crippen molar-refractivity contribution in [3.05, 3.63) is 87.8 Å². The zero-order valence-electron chi connectivity index (χ0n) is 22.5. The van der Waals surface area contributed by atoms with E-state index >= 15 is 0 Å². The molecule has 0 bridgehead atoms. The Morgan fingerprint density at radius 3 is 2.59 bits per heavy atom. The molecular formula is C30H32ClN7O. The summed E-state index contributed by atoms with van der Waals surface area (Å²) < 4.78 is 2.00. The standard InChI is InChI=1S/C30H32ClN7O/c1-19-5-4-6-24(31)27(19)34-29(39)23-11-12-38-26(23)10-7-21-18-32-30(35-28(21)38)33-25-9-8-22(17-20(25)2)37-15-13-36(3)14-16-37/h4-6,8-9,11-12,17-18H,7,10,13-16H2,1-3H3,(H,34,39)(H,32,33,35). The minimum atomic E-state index is -0.174. The average Bonchev–Trinajstić information content (AvgIpc) is 3.37. The quantitative estimate of drug-likeness (QED) is 0.353. The minimum absolute atomic E-state index is 0.174. The first-order valence-corrected chi connectivity index (χ1v) is 13.7. The molecule has 4 heterocycles. The Kier molecular flexibility index (Phi) is 6.74. The molecule has 0 atom stereocenters. The molecular weight excluding hydrogens is 510 g/mol. The molecule has 1 fully saturated rings. The van der Waals surface area contributed by atoms with Crippen LogP contribution in [0.3, 0.4) is 0 Å². The number of nitrogens with one attached hydrogen (secondary N) is 2. The first kappa shape index (κ1) is 25.4. The molecule has 2 aromatic heterocycles. The van der Waals surface area contributed by atoms with Gasteiger partial charge in [-0.25, -0.2) is 4.98 Å². The molecule has 0 unspecified atom stereocenters. The SMILES string of the molecule is Cc1cc(N2CCN(C)CC2)ccc1Nc1ncc2c(n1)-n1ccc(C(=O)Nc3c(C)cccc3Cl)c1CC2. The topological polar surface area (TPSA) is 78.3 Å². The Hall–Kier alpha value is -3.88. The van der Waals surface area contributed by atoms with Gasteiger partial charge in [-0.05, 0) is 75.2 Å². The lowest BCUT2D eigenvalue weighted by atomic mass is 10.0. The fourth-order valence-corrected chi connectivity index (χ4v) is 5.63. The van der Waals surface area contributed by atoms with Gasteiger partial charge in [0.05, 0.1) is 16.3 Å². The van der Waals surface area contributed by atoms with E-state index in [4.69, 9.17) is 16.6 Å². The van der Waals surface area contributed by atoms with Crippen molar-refractivity contribution in [3.63, 3.8) is 0 Å². The van der Waals surface area contributed by atoms with Crippen molar-refractivity contribution in [2.24, 2.45) is 0 Å². The van der Waals surface area contributed by atoms with Crippen molar-refractivity contribution in [2.75, 3.05) is 48.8 Å². The second-order valence-electron chi connectivity index (χ2n) is 10.4. The van der Waals surface area contributed by atoms with Gasteiger partial charge in [-0.1, -0.05) is 23.7 Å². The number of halogens is 1. The maximum Gasteiger partial charge on any atom is 0.257 e. The van der Waals surface area contributed by atoms with E-state index in [1.165, 1.54) is 5.69 Å². The summed E-state index contributed by atoms with van der Waals surface area (Å²) >= 11 is 6.35. The van der Waals surface area contributed by atoms with E-state index in [2.05, 4.69) is 57.6 Å². The Morgan fingerprint density at radius 2 is 1.82 bits per heavy atom. The summed E-state index contributed by atoms with van der Waals surface area (Å²) in [5, 5.41) is 6.93. The van der Waals surface area contributed by atoms with Gasteiger partial charge in [0.25, 0.3) is 5.91 Å². The van der Waals surface area contributed by atoms with Gasteiger partial charge in [-0.2, -0.15) is 4.98 Å². The third-order valence-corrected chi connectivity index (χ3v) is 8.04. The first-order valence-electron chi connectivity index (χ1n) is 13.3. The number of hydrogen-bond acceptors (Lipinski definition) is 6. The number of piperazine rings is 1. The molecule has 4 aromatic rings. The number of aromatic nitrogens is 3. The predicted molar refractivity (Wildman–Crippen MR) is 157 cm³/mol. The maximum absolute atomic E-state index is 13.2. The molecule has 2 aromatic carbocycles. The van der Waals surface area contributed by atoms with Gasteiger partial charge in [-0.15, -0.1) is 0 Å². The molecule has 2 N–H and O–H groups in total. The van der Waals surface area contributed by atoms with Crippen molar-refractivity contribution >= 4 is 40.5 Å². The summed E-state index contributed by atoms with van der Waals surface area (Å²) in [6, 6.07) is 13.9. The zero-order chi connectivity index (χ0) is 27.1. The fraction of sp³-hybridized carbons (Fsp3) is 0.300. The largest absolute Gasteiger partial charge is 0.369 e. The van der Waals surface area contributed by atoms with E-state index in [1.54, 1.807) is 6.07 Å². The molecule has 1 amide bonds. The van der Waals surface area contributed by atoms with Crippen LogP contribution in [0.1, 0.15) is 32.7 Å². The Balaban J connectivity index is 1.23. The number of aryl methyl sites for hydroxylation is 3. The number of fused-ring (bicyclic) bond motifs is 3. The van der Waals surface area contributed by atoms with E-state index < -0.39 is 0 Å². The minimum Gasteiger partial charge on any atom is -0.369 e. The molecule has 2 aliphatic heterocycles. The highest BCUT2D eigenvalue weighted by Gasteiger charge is 2.25. The Labute approximate surface area is 233 Å². The molecule has 2 aliphatic rings. The molecule has 0 saturated carbocycles. The molecule has 39 heavy (non-hydrogen) atoms. The summed E-state index contributed by atoms with van der Waals surface area (Å²) in [7, 11) is 2.17. The zero-order valence-corrected chi connectivity index (χ0v) is 23.2. The van der Waals surface area contributed by atoms with E-state index in [-0.39, 0.29) is 5.91 Å². The fourth-order valence-electron chi connectivity index (χ4n) is 5.36. The van der Waals surface area contributed by atoms with Gasteiger partial charge in [0.15, 0.2) is 0 Å². The van der Waals surface area contributed by atoms with Crippen LogP contribution in [-0.2, 0) is 12.8 Å². The summed E-state index contributed by atoms with van der Waals surface area (Å²) in [4.78, 5) is 27.5. The smallest absolute Gasteiger partial charge is 0.257 e. The predicted octanol–water partition coefficient (Wildman–Crippen LogP) is 5.38. The lowest BCUT2D eigenvalue weighted by molar-refractivity contribution is 0.102. The number of likely N-dealkylation sites (N-methyl/N-ethyl adjacent to an activating group) is 1. The molecule has 9 heteroatoms. The van der Waals surface area contributed by atoms with Gasteiger partial charge < -0.3 is 25.0 Å². The molecule has 1 saturated heterocycles. The third-order valence-electron chi connectivity index (χ3n) is 7.72. The van der Waals surface area contributed by atoms with Crippen molar-refractivity contribution in [1.29, 1.82) is 0 Å². The summed E-state index contributed by atoms with van der Waals surface area (Å²) in [5.41, 5.74) is 7.54. The number of rotatable bonds is 5. The van der Waals surface area contributed by atoms with Crippen LogP contribution in [0.25, 0.3) is 5.82 Å². The van der Waals surface area contributed by atoms with E-state index in [0.717, 1.165) is 72.9 Å². The lowest BCUT2D eigenvalue weighted by Gasteiger charge is -2.34. The number of anilines is 4. The highest BCUT2D eigenvalue weighted by atomic mass is 35.5. The van der Waals surface area contributed by atoms with E-state index in [9.17, 15) is 4.79 Å². The van der Waals surface area contributed by atoms with Crippen LogP contribution < -0.4 is 15.5 Å². The normalized spacial score (nSPS) is 15.0. The third kappa shape index (κ3) is 4.97. The first-order chi connectivity index (χ1) is 18.9. The van der Waals surface area contributed by atoms with Crippen LogP contribution in [0.5, 0.6) is 0 Å². The second-order valence-corrected chi connectivity index (χ2v) is 10.8. The van der Waals surface area contributed by atoms with Crippen molar-refractivity contribution in [3.8, 4) is 5.82 Å². The summed E-state index contributed by atoms with van der Waals surface area (Å²) in [5.74, 6) is 1.16. The molecule has 200 valence electrons. The highest BCUT2D eigenvalue weighted by molar-refractivity contribution is 6.34. The second kappa shape index (κ2) is 10.4. The molecule has 0 aliphatic carbocycles. The van der Waals surface area contributed by atoms with Crippen LogP contribution in [0.4, 0.5) is 23.0 Å². The Morgan fingerprint density at radius 1 is 1.00 bits per heavy atom. The van der Waals surface area contributed by atoms with Crippen molar-refractivity contribution in [2.45, 2.75) is 26.7 Å². The number of carbonyl (C=O) groups excluding carboxylic acids is 1. The van der Waals surface area contributed by atoms with Gasteiger partial charge in [0, 0.05) is 61.2 Å². The van der Waals surface area contributed by atoms with E-state index in [1.807, 2.05) is 42.1 Å². The van der Waals surface area contributed by atoms with Crippen LogP contribution in [0.2, 0.25) is 5.02 Å². The Bertz CT molecular complexity index is 1530. The monoisotopic (exact) mass is 541 g/mol. The lowest BCUT2D eigenvalue weighted by Crippen LogP contribution is -2.44. The number of hydrogen-bond donors (Lipinski definition) is 2. The van der Waals surface area contributed by atoms with Gasteiger partial charge in [0.1, 0.15) is 5.82 Å². The molecule has 0 spiro atoms. The van der Waals surface area contributed by atoms with Gasteiger partial charge in [-0.3, -0.25) is 4.79 Å². The summed E-state index contributed by atoms with van der Waals surface area (Å²) in [6.07, 6.45) is 5.29. The van der Waals surface area contributed by atoms with Crippen molar-refractivity contribution in [1.82, 2.24) is 19.4 Å². The van der Waals surface area contributed by atoms with Crippen LogP contribution in [0, 0.1) is 13.8 Å². The molecule has 6 rings (SSSR count). The number of benzene rings is 2. The van der Waals surface area contributed by atoms with Gasteiger partial charge >= 0.3 is 0 Å². The molecule has 0 radical (unpaired) electrons. The van der Waals surface area contributed by atoms with Crippen molar-refractivity contribution < 1.29 is 4.79 Å². The van der Waals surface area contributed by atoms with Crippen LogP contribution in [-0.4, -0.2) is 58.6 Å². The van der Waals surface area contributed by atoms with E-state index in [0.29, 0.717) is 22.2 Å². The van der Waals surface area contributed by atoms with Crippen LogP contribution >= 0.6 is 11.6 Å². The van der Waals surface area contributed by atoms with Crippen LogP contribution in [0.15, 0.2) is 54.9 Å². The number of amides is 1. The number of para-hydroxylation sites is 1.